The molecule has 2 unspecified atom stereocenters. The van der Waals surface area contributed by atoms with E-state index in [0.717, 1.165) is 34.8 Å². The fourth-order valence-corrected chi connectivity index (χ4v) is 3.91. The van der Waals surface area contributed by atoms with Crippen LogP contribution in [-0.4, -0.2) is 10.7 Å². The Kier molecular flexibility index (Phi) is 3.69. The van der Waals surface area contributed by atoms with Gasteiger partial charge in [-0.25, -0.2) is 5.01 Å². The second-order valence-electron chi connectivity index (χ2n) is 6.33. The van der Waals surface area contributed by atoms with Crippen LogP contribution in [0.3, 0.4) is 0 Å². The minimum absolute atomic E-state index is 0.0292. The van der Waals surface area contributed by atoms with E-state index in [-0.39, 0.29) is 12.3 Å². The molecule has 0 saturated carbocycles. The molecule has 3 heterocycles. The largest absolute Gasteiger partial charge is 0.464 e. The Morgan fingerprint density at radius 3 is 2.69 bits per heavy atom. The maximum atomic E-state index is 6.28. The van der Waals surface area contributed by atoms with Gasteiger partial charge >= 0.3 is 0 Å². The van der Waals surface area contributed by atoms with Crippen molar-refractivity contribution in [3.63, 3.8) is 0 Å². The molecule has 26 heavy (non-hydrogen) atoms. The van der Waals surface area contributed by atoms with Crippen molar-refractivity contribution in [2.24, 2.45) is 5.10 Å². The van der Waals surface area contributed by atoms with E-state index >= 15 is 0 Å². The monoisotopic (exact) mass is 384 g/mol. The number of rotatable bonds is 2. The summed E-state index contributed by atoms with van der Waals surface area (Å²) in [6.45, 7) is 0. The average molecular weight is 385 g/mol. The molecular formula is C20H14Cl2N2O2. The molecule has 4 nitrogen and oxygen atoms in total. The third-order valence-electron chi connectivity index (χ3n) is 4.69. The van der Waals surface area contributed by atoms with Gasteiger partial charge in [-0.2, -0.15) is 5.10 Å². The lowest BCUT2D eigenvalue weighted by Gasteiger charge is -2.38. The molecule has 0 spiro atoms. The molecule has 2 aliphatic rings. The number of nitrogens with zero attached hydrogens (tertiary/aromatic N) is 2. The molecule has 3 aromatic rings. The van der Waals surface area contributed by atoms with Gasteiger partial charge in [-0.05, 0) is 42.5 Å². The number of fused-ring (bicyclic) bond motifs is 3. The fourth-order valence-electron chi connectivity index (χ4n) is 3.53. The third kappa shape index (κ3) is 2.57. The third-order valence-corrected chi connectivity index (χ3v) is 5.16. The van der Waals surface area contributed by atoms with Gasteiger partial charge in [-0.3, -0.25) is 0 Å². The Hall–Kier alpha value is -2.43. The first kappa shape index (κ1) is 15.8. The fraction of sp³-hybridized carbons (Fsp3) is 0.150. The van der Waals surface area contributed by atoms with Gasteiger partial charge in [-0.1, -0.05) is 35.3 Å². The summed E-state index contributed by atoms with van der Waals surface area (Å²) in [5.41, 5.74) is 2.87. The molecule has 0 radical (unpaired) electrons. The van der Waals surface area contributed by atoms with E-state index in [0.29, 0.717) is 10.0 Å². The zero-order valence-electron chi connectivity index (χ0n) is 13.6. The predicted molar refractivity (Wildman–Crippen MR) is 101 cm³/mol. The minimum atomic E-state index is -0.361. The first-order valence-electron chi connectivity index (χ1n) is 8.30. The number of ether oxygens (including phenoxy) is 1. The van der Waals surface area contributed by atoms with Crippen molar-refractivity contribution in [3.05, 3.63) is 87.8 Å². The maximum Gasteiger partial charge on any atom is 0.213 e. The van der Waals surface area contributed by atoms with Crippen LogP contribution in [0.1, 0.15) is 35.6 Å². The molecule has 2 aliphatic heterocycles. The Morgan fingerprint density at radius 2 is 1.88 bits per heavy atom. The molecule has 0 N–H and O–H groups in total. The van der Waals surface area contributed by atoms with E-state index in [9.17, 15) is 0 Å². The molecule has 6 heteroatoms. The van der Waals surface area contributed by atoms with E-state index in [1.54, 1.807) is 6.26 Å². The molecule has 5 rings (SSSR count). The van der Waals surface area contributed by atoms with Crippen molar-refractivity contribution in [3.8, 4) is 5.75 Å². The zero-order valence-corrected chi connectivity index (χ0v) is 15.1. The molecular weight excluding hydrogens is 371 g/mol. The SMILES string of the molecule is Clc1cccc(C2Oc3ccc(Cl)cc3C3CC(c4ccco4)=NN32)c1. The van der Waals surface area contributed by atoms with Crippen LogP contribution in [0.25, 0.3) is 0 Å². The molecule has 0 fully saturated rings. The lowest BCUT2D eigenvalue weighted by Crippen LogP contribution is -2.33. The number of benzene rings is 2. The van der Waals surface area contributed by atoms with Gasteiger partial charge in [0.25, 0.3) is 0 Å². The highest BCUT2D eigenvalue weighted by atomic mass is 35.5. The molecule has 1 aromatic heterocycles. The van der Waals surface area contributed by atoms with Crippen LogP contribution in [0.2, 0.25) is 10.0 Å². The summed E-state index contributed by atoms with van der Waals surface area (Å²) >= 11 is 12.4. The lowest BCUT2D eigenvalue weighted by molar-refractivity contribution is -0.0190. The van der Waals surface area contributed by atoms with Gasteiger partial charge in [0.05, 0.1) is 12.3 Å². The smallest absolute Gasteiger partial charge is 0.213 e. The Labute approximate surface area is 160 Å². The molecule has 0 bridgehead atoms. The maximum absolute atomic E-state index is 6.28. The summed E-state index contributed by atoms with van der Waals surface area (Å²) in [7, 11) is 0. The molecule has 0 aliphatic carbocycles. The van der Waals surface area contributed by atoms with E-state index in [1.807, 2.05) is 59.6 Å². The van der Waals surface area contributed by atoms with Crippen molar-refractivity contribution < 1.29 is 9.15 Å². The first-order chi connectivity index (χ1) is 12.7. The molecule has 130 valence electrons. The molecule has 2 atom stereocenters. The quantitative estimate of drug-likeness (QED) is 0.557. The van der Waals surface area contributed by atoms with Gasteiger partial charge < -0.3 is 9.15 Å². The van der Waals surface area contributed by atoms with Crippen LogP contribution in [0.5, 0.6) is 5.75 Å². The van der Waals surface area contributed by atoms with Crippen molar-refractivity contribution in [1.82, 2.24) is 5.01 Å². The number of furan rings is 1. The normalized spacial score (nSPS) is 21.0. The van der Waals surface area contributed by atoms with Crippen molar-refractivity contribution >= 4 is 28.9 Å². The Balaban J connectivity index is 1.63. The standard InChI is InChI=1S/C20H14Cl2N2O2/c21-13-4-1-3-12(9-13)20-24-17(11-16(23-24)19-5-2-8-25-19)15-10-14(22)6-7-18(15)26-20/h1-10,17,20H,11H2. The summed E-state index contributed by atoms with van der Waals surface area (Å²) in [6, 6.07) is 17.2. The summed E-state index contributed by atoms with van der Waals surface area (Å²) < 4.78 is 11.8. The lowest BCUT2D eigenvalue weighted by atomic mass is 9.97. The van der Waals surface area contributed by atoms with Crippen LogP contribution in [0, 0.1) is 0 Å². The van der Waals surface area contributed by atoms with Crippen LogP contribution < -0.4 is 4.74 Å². The van der Waals surface area contributed by atoms with Crippen LogP contribution in [0.4, 0.5) is 0 Å². The predicted octanol–water partition coefficient (Wildman–Crippen LogP) is 5.83. The minimum Gasteiger partial charge on any atom is -0.464 e. The molecule has 0 amide bonds. The Morgan fingerprint density at radius 1 is 1.00 bits per heavy atom. The zero-order chi connectivity index (χ0) is 17.7. The number of hydrogen-bond donors (Lipinski definition) is 0. The summed E-state index contributed by atoms with van der Waals surface area (Å²) in [4.78, 5) is 0. The van der Waals surface area contributed by atoms with E-state index in [1.165, 1.54) is 0 Å². The summed E-state index contributed by atoms with van der Waals surface area (Å²) in [5, 5.41) is 8.13. The number of hydrazone groups is 1. The molecule has 2 aromatic carbocycles. The highest BCUT2D eigenvalue weighted by molar-refractivity contribution is 6.31. The number of hydrogen-bond acceptors (Lipinski definition) is 4. The molecule has 0 saturated heterocycles. The summed E-state index contributed by atoms with van der Waals surface area (Å²) in [5.74, 6) is 1.59. The average Bonchev–Trinajstić information content (AvgIpc) is 3.31. The second-order valence-corrected chi connectivity index (χ2v) is 7.20. The Bertz CT molecular complexity index is 1000. The second kappa shape index (κ2) is 6.08. The topological polar surface area (TPSA) is 38.0 Å². The number of halogens is 2. The van der Waals surface area contributed by atoms with Crippen LogP contribution in [-0.2, 0) is 0 Å². The van der Waals surface area contributed by atoms with Gasteiger partial charge in [0.2, 0.25) is 6.23 Å². The van der Waals surface area contributed by atoms with Gasteiger partial charge in [0, 0.05) is 27.6 Å². The van der Waals surface area contributed by atoms with Gasteiger partial charge in [0.1, 0.15) is 17.2 Å². The summed E-state index contributed by atoms with van der Waals surface area (Å²) in [6.07, 6.45) is 2.02. The van der Waals surface area contributed by atoms with E-state index in [2.05, 4.69) is 0 Å². The van der Waals surface area contributed by atoms with Crippen molar-refractivity contribution in [2.45, 2.75) is 18.7 Å². The van der Waals surface area contributed by atoms with Crippen LogP contribution in [0.15, 0.2) is 70.4 Å². The highest BCUT2D eigenvalue weighted by Crippen LogP contribution is 2.48. The van der Waals surface area contributed by atoms with E-state index in [4.69, 9.17) is 37.5 Å². The first-order valence-corrected chi connectivity index (χ1v) is 9.06. The van der Waals surface area contributed by atoms with Crippen molar-refractivity contribution in [2.75, 3.05) is 0 Å². The van der Waals surface area contributed by atoms with Gasteiger partial charge in [-0.15, -0.1) is 0 Å². The van der Waals surface area contributed by atoms with Crippen LogP contribution >= 0.6 is 23.2 Å². The van der Waals surface area contributed by atoms with Gasteiger partial charge in [0.15, 0.2) is 0 Å². The highest BCUT2D eigenvalue weighted by Gasteiger charge is 2.41. The van der Waals surface area contributed by atoms with E-state index < -0.39 is 0 Å². The van der Waals surface area contributed by atoms with Crippen molar-refractivity contribution in [1.29, 1.82) is 0 Å².